The highest BCUT2D eigenvalue weighted by molar-refractivity contribution is 7.91. The monoisotopic (exact) mass is 459 g/mol. The van der Waals surface area contributed by atoms with Crippen LogP contribution in [0.5, 0.6) is 0 Å². The van der Waals surface area contributed by atoms with Crippen LogP contribution in [0.2, 0.25) is 0 Å². The zero-order valence-corrected chi connectivity index (χ0v) is 17.6. The highest BCUT2D eigenvalue weighted by Gasteiger charge is 2.34. The number of primary sulfonamides is 1. The fourth-order valence-corrected chi connectivity index (χ4v) is 6.63. The van der Waals surface area contributed by atoms with Crippen molar-refractivity contribution in [2.45, 2.75) is 21.6 Å². The minimum atomic E-state index is -4.33. The minimum absolute atomic E-state index is 0.000467. The van der Waals surface area contributed by atoms with E-state index in [1.807, 2.05) is 0 Å². The van der Waals surface area contributed by atoms with Crippen LogP contribution < -0.4 is 15.8 Å². The topological polar surface area (TPSA) is 173 Å². The molecule has 0 radical (unpaired) electrons. The predicted molar refractivity (Wildman–Crippen MR) is 111 cm³/mol. The second kappa shape index (κ2) is 7.30. The number of nitrogens with one attached hydrogen (secondary N) is 3. The number of carbonyl (C=O) groups excluding carboxylic acids is 1. The van der Waals surface area contributed by atoms with Gasteiger partial charge in [-0.25, -0.2) is 13.6 Å². The van der Waals surface area contributed by atoms with Gasteiger partial charge in [0.1, 0.15) is 4.90 Å². The molecule has 5 N–H and O–H groups in total. The maximum atomic E-state index is 13.1. The molecule has 2 aromatic carbocycles. The molecule has 13 heteroatoms. The molecule has 3 aromatic rings. The van der Waals surface area contributed by atoms with Crippen LogP contribution in [-0.4, -0.2) is 57.5 Å². The molecule has 0 aliphatic carbocycles. The van der Waals surface area contributed by atoms with Crippen molar-refractivity contribution in [3.8, 4) is 22.5 Å². The Bertz CT molecular complexity index is 1340. The number of benzene rings is 2. The summed E-state index contributed by atoms with van der Waals surface area (Å²) in [5.41, 5.74) is 2.40. The highest BCUT2D eigenvalue weighted by atomic mass is 32.2. The fraction of sp³-hybridized carbons (Fsp3) is 0.222. The number of tetrazole rings is 1. The van der Waals surface area contributed by atoms with Crippen LogP contribution in [0, 0.1) is 0 Å². The summed E-state index contributed by atoms with van der Waals surface area (Å²) in [5, 5.41) is 25.0. The van der Waals surface area contributed by atoms with Gasteiger partial charge in [0, 0.05) is 25.2 Å². The van der Waals surface area contributed by atoms with Gasteiger partial charge in [-0.2, -0.15) is 5.21 Å². The first-order valence-electron chi connectivity index (χ1n) is 9.31. The van der Waals surface area contributed by atoms with Gasteiger partial charge in [-0.1, -0.05) is 18.2 Å². The maximum Gasteiger partial charge on any atom is 0.251 e. The average molecular weight is 460 g/mol. The van der Waals surface area contributed by atoms with E-state index in [0.717, 1.165) is 5.56 Å². The Labute approximate surface area is 179 Å². The molecule has 1 fully saturated rings. The van der Waals surface area contributed by atoms with Gasteiger partial charge in [0.25, 0.3) is 5.91 Å². The molecule has 3 heterocycles. The Kier molecular flexibility index (Phi) is 4.69. The van der Waals surface area contributed by atoms with Crippen molar-refractivity contribution in [2.24, 2.45) is 5.14 Å². The molecule has 0 spiro atoms. The number of aromatic amines is 1. The first kappa shape index (κ1) is 19.9. The van der Waals surface area contributed by atoms with Crippen LogP contribution in [0.15, 0.2) is 40.1 Å². The lowest BCUT2D eigenvalue weighted by atomic mass is 9.93. The van der Waals surface area contributed by atoms with Crippen LogP contribution in [-0.2, 0) is 27.4 Å². The van der Waals surface area contributed by atoms with Crippen molar-refractivity contribution >= 4 is 26.7 Å². The van der Waals surface area contributed by atoms with Gasteiger partial charge in [-0.15, -0.1) is 10.2 Å². The van der Waals surface area contributed by atoms with Crippen LogP contribution in [0.1, 0.15) is 15.9 Å². The van der Waals surface area contributed by atoms with E-state index in [2.05, 4.69) is 31.3 Å². The van der Waals surface area contributed by atoms with Crippen LogP contribution in [0.4, 0.5) is 0 Å². The van der Waals surface area contributed by atoms with E-state index in [4.69, 9.17) is 5.14 Å². The summed E-state index contributed by atoms with van der Waals surface area (Å²) < 4.78 is 38.6. The molecule has 1 aromatic heterocycles. The number of hydrogen-bond donors (Lipinski definition) is 4. The Balaban J connectivity index is 1.84. The zero-order chi connectivity index (χ0) is 21.8. The van der Waals surface area contributed by atoms with Crippen LogP contribution in [0.25, 0.3) is 22.5 Å². The summed E-state index contributed by atoms with van der Waals surface area (Å²) in [7, 11) is -5.94. The molecule has 31 heavy (non-hydrogen) atoms. The van der Waals surface area contributed by atoms with Gasteiger partial charge in [-0.3, -0.25) is 9.00 Å². The summed E-state index contributed by atoms with van der Waals surface area (Å²) in [6.07, 6.45) is 0. The molecule has 160 valence electrons. The van der Waals surface area contributed by atoms with Crippen molar-refractivity contribution in [2.75, 3.05) is 13.1 Å². The summed E-state index contributed by atoms with van der Waals surface area (Å²) in [6.45, 7) is 1.31. The molecule has 0 saturated carbocycles. The number of nitrogens with two attached hydrogens (primary N) is 1. The molecule has 2 aliphatic heterocycles. The second-order valence-corrected chi connectivity index (χ2v) is 10.4. The van der Waals surface area contributed by atoms with Crippen molar-refractivity contribution < 1.29 is 17.4 Å². The smallest absolute Gasteiger partial charge is 0.251 e. The van der Waals surface area contributed by atoms with Crippen molar-refractivity contribution in [1.82, 2.24) is 31.3 Å². The second-order valence-electron chi connectivity index (χ2n) is 7.19. The Morgan fingerprint density at radius 2 is 1.87 bits per heavy atom. The summed E-state index contributed by atoms with van der Waals surface area (Å²) in [4.78, 5) is 11.9. The van der Waals surface area contributed by atoms with Crippen LogP contribution in [0.3, 0.4) is 0 Å². The molecular formula is C18H17N7O4S2. The lowest BCUT2D eigenvalue weighted by Crippen LogP contribution is -2.49. The van der Waals surface area contributed by atoms with Gasteiger partial charge >= 0.3 is 0 Å². The Morgan fingerprint density at radius 3 is 2.52 bits per heavy atom. The number of fused-ring (bicyclic) bond motifs is 1. The third-order valence-electron chi connectivity index (χ3n) is 5.38. The van der Waals surface area contributed by atoms with Gasteiger partial charge in [0.15, 0.2) is 0 Å². The molecule has 2 aliphatic rings. The number of amides is 1. The van der Waals surface area contributed by atoms with Crippen molar-refractivity contribution in [3.63, 3.8) is 0 Å². The first-order valence-corrected chi connectivity index (χ1v) is 12.1. The third kappa shape index (κ3) is 3.26. The fourth-order valence-electron chi connectivity index (χ4n) is 3.82. The molecule has 1 amide bonds. The molecule has 11 nitrogen and oxygen atoms in total. The van der Waals surface area contributed by atoms with Crippen LogP contribution >= 0.6 is 0 Å². The summed E-state index contributed by atoms with van der Waals surface area (Å²) >= 11 is 0. The van der Waals surface area contributed by atoms with E-state index in [9.17, 15) is 17.4 Å². The SMILES string of the molecule is NS(=O)(=O)c1c(S(=O)C2CNC2)ccc(-c2cccc3c2CNC3=O)c1-c1nn[nH]n1. The standard InChI is InChI=1S/C18H17N7O4S2/c19-31(28,29)16-14(30(27)9-6-20-7-9)5-4-11(15(16)17-22-24-25-23-17)10-2-1-3-12-13(10)8-21-18(12)26/h1-5,9,20H,6-8H2,(H,21,26)(H2,19,28,29)(H,22,23,24,25). The van der Waals surface area contributed by atoms with Crippen molar-refractivity contribution in [3.05, 3.63) is 41.5 Å². The minimum Gasteiger partial charge on any atom is -0.348 e. The number of rotatable bonds is 5. The average Bonchev–Trinajstić information content (AvgIpc) is 3.35. The Hall–Kier alpha value is -3.00. The molecule has 1 saturated heterocycles. The van der Waals surface area contributed by atoms with E-state index in [-0.39, 0.29) is 32.3 Å². The maximum absolute atomic E-state index is 13.1. The third-order valence-corrected chi connectivity index (χ3v) is 8.21. The van der Waals surface area contributed by atoms with Gasteiger partial charge < -0.3 is 10.6 Å². The normalized spacial score (nSPS) is 17.1. The first-order chi connectivity index (χ1) is 14.9. The summed E-state index contributed by atoms with van der Waals surface area (Å²) in [5.74, 6) is -0.209. The van der Waals surface area contributed by atoms with E-state index < -0.39 is 20.8 Å². The molecule has 1 unspecified atom stereocenters. The number of nitrogens with zero attached hydrogens (tertiary/aromatic N) is 3. The number of sulfonamides is 1. The number of carbonyl (C=O) groups is 1. The Morgan fingerprint density at radius 1 is 1.10 bits per heavy atom. The predicted octanol–water partition coefficient (Wildman–Crippen LogP) is -0.496. The van der Waals surface area contributed by atoms with E-state index >= 15 is 0 Å². The lowest BCUT2D eigenvalue weighted by molar-refractivity contribution is 0.0965. The van der Waals surface area contributed by atoms with Gasteiger partial charge in [0.05, 0.1) is 26.5 Å². The summed E-state index contributed by atoms with van der Waals surface area (Å²) in [6, 6.07) is 8.36. The zero-order valence-electron chi connectivity index (χ0n) is 16.0. The lowest BCUT2D eigenvalue weighted by Gasteiger charge is -2.27. The van der Waals surface area contributed by atoms with Crippen molar-refractivity contribution in [1.29, 1.82) is 0 Å². The number of aromatic nitrogens is 4. The molecule has 5 rings (SSSR count). The number of hydrogen-bond acceptors (Lipinski definition) is 8. The molecule has 1 atom stereocenters. The van der Waals surface area contributed by atoms with Gasteiger partial charge in [0.2, 0.25) is 15.8 Å². The van der Waals surface area contributed by atoms with Gasteiger partial charge in [-0.05, 0) is 34.0 Å². The molecule has 0 bridgehead atoms. The van der Waals surface area contributed by atoms with E-state index in [1.165, 1.54) is 6.07 Å². The molecular weight excluding hydrogens is 442 g/mol. The highest BCUT2D eigenvalue weighted by Crippen LogP contribution is 2.41. The largest absolute Gasteiger partial charge is 0.348 e. The number of H-pyrrole nitrogens is 1. The van der Waals surface area contributed by atoms with E-state index in [0.29, 0.717) is 36.3 Å². The van der Waals surface area contributed by atoms with E-state index in [1.54, 1.807) is 24.3 Å². The quantitative estimate of drug-likeness (QED) is 0.395.